The summed E-state index contributed by atoms with van der Waals surface area (Å²) in [7, 11) is 0. The van der Waals surface area contributed by atoms with Gasteiger partial charge < -0.3 is 0 Å². The first-order chi connectivity index (χ1) is 4.80. The number of aryl methyl sites for hydroxylation is 1. The Morgan fingerprint density at radius 2 is 2.20 bits per heavy atom. The number of benzene rings is 1. The first-order valence-electron chi connectivity index (χ1n) is 2.69. The molecule has 0 N–H and O–H groups in total. The van der Waals surface area contributed by atoms with Crippen LogP contribution in [-0.4, -0.2) is 0 Å². The van der Waals surface area contributed by atoms with Gasteiger partial charge in [-0.1, -0.05) is 6.92 Å². The normalized spacial score (nSPS) is 8.10. The molecule has 0 saturated carbocycles. The van der Waals surface area contributed by atoms with Crippen molar-refractivity contribution in [2.45, 2.75) is 6.92 Å². The molecule has 0 fully saturated rings. The summed E-state index contributed by atoms with van der Waals surface area (Å²) in [5, 5.41) is 0. The molecule has 0 amide bonds. The van der Waals surface area contributed by atoms with Crippen LogP contribution in [0.15, 0.2) is 18.2 Å². The quantitative estimate of drug-likeness (QED) is 0.493. The first-order valence-corrected chi connectivity index (χ1v) is 9.64. The van der Waals surface area contributed by atoms with E-state index in [9.17, 15) is 4.39 Å². The van der Waals surface area contributed by atoms with Crippen molar-refractivity contribution < 1.29 is 20.7 Å². The van der Waals surface area contributed by atoms with Crippen molar-refractivity contribution in [1.82, 2.24) is 0 Å². The second kappa shape index (κ2) is 6.00. The number of halogens is 2. The van der Waals surface area contributed by atoms with E-state index in [0.29, 0.717) is 5.56 Å². The molecule has 0 nitrogen and oxygen atoms in total. The summed E-state index contributed by atoms with van der Waals surface area (Å²) >= 11 is 4.25. The molecule has 0 aliphatic carbocycles. The molecule has 0 aliphatic heterocycles. The number of rotatable bonds is 0. The number of hydrogen-bond donors (Lipinski definition) is 0. The van der Waals surface area contributed by atoms with E-state index in [4.69, 9.17) is 0 Å². The Morgan fingerprint density at radius 1 is 1.60 bits per heavy atom. The fourth-order valence-electron chi connectivity index (χ4n) is 0.495. The Morgan fingerprint density at radius 3 is 2.50 bits per heavy atom. The van der Waals surface area contributed by atoms with E-state index in [0.717, 1.165) is 0 Å². The van der Waals surface area contributed by atoms with Crippen LogP contribution in [0, 0.1) is 18.8 Å². The average molecular weight is 254 g/mol. The van der Waals surface area contributed by atoms with E-state index in [1.54, 1.807) is 19.1 Å². The summed E-state index contributed by atoms with van der Waals surface area (Å²) in [4.78, 5) is 0. The molecule has 0 atom stereocenters. The average Bonchev–Trinajstić information content (AvgIpc) is 2.00. The molecular formula is C7H6BrFZn. The van der Waals surface area contributed by atoms with Crippen LogP contribution in [0.4, 0.5) is 4.39 Å². The summed E-state index contributed by atoms with van der Waals surface area (Å²) in [5.74, 6) is -0.163. The topological polar surface area (TPSA) is 0 Å². The number of hydrogen-bond acceptors (Lipinski definition) is 0. The summed E-state index contributed by atoms with van der Waals surface area (Å²) in [6.45, 7) is 1.71. The zero-order valence-electron chi connectivity index (χ0n) is 5.70. The van der Waals surface area contributed by atoms with E-state index >= 15 is 0 Å². The van der Waals surface area contributed by atoms with E-state index in [1.807, 2.05) is 0 Å². The van der Waals surface area contributed by atoms with Gasteiger partial charge in [0.2, 0.25) is 0 Å². The van der Waals surface area contributed by atoms with Crippen molar-refractivity contribution in [3.05, 3.63) is 35.6 Å². The van der Waals surface area contributed by atoms with Crippen LogP contribution in [0.2, 0.25) is 0 Å². The molecule has 0 bridgehead atoms. The zero-order chi connectivity index (χ0) is 7.98. The zero-order valence-corrected chi connectivity index (χ0v) is 10.2. The van der Waals surface area contributed by atoms with Gasteiger partial charge in [-0.15, -0.1) is 11.6 Å². The van der Waals surface area contributed by atoms with Crippen LogP contribution in [0.5, 0.6) is 0 Å². The fourth-order valence-corrected chi connectivity index (χ4v) is 0.495. The predicted octanol–water partition coefficient (Wildman–Crippen LogP) is 2.78. The van der Waals surface area contributed by atoms with Crippen molar-refractivity contribution in [3.63, 3.8) is 0 Å². The molecule has 1 aromatic rings. The van der Waals surface area contributed by atoms with Crippen LogP contribution in [0.1, 0.15) is 5.56 Å². The van der Waals surface area contributed by atoms with Crippen LogP contribution >= 0.6 is 13.6 Å². The third-order valence-electron chi connectivity index (χ3n) is 1.00. The van der Waals surface area contributed by atoms with E-state index in [1.165, 1.54) is 22.4 Å². The van der Waals surface area contributed by atoms with Gasteiger partial charge in [0.25, 0.3) is 0 Å². The van der Waals surface area contributed by atoms with Gasteiger partial charge in [-0.05, 0) is 0 Å². The molecule has 10 heavy (non-hydrogen) atoms. The Labute approximate surface area is 76.9 Å². The van der Waals surface area contributed by atoms with Gasteiger partial charge in [0.1, 0.15) is 0 Å². The van der Waals surface area contributed by atoms with Gasteiger partial charge in [0.05, 0.1) is 0 Å². The van der Waals surface area contributed by atoms with Gasteiger partial charge in [-0.25, -0.2) is 4.39 Å². The monoisotopic (exact) mass is 252 g/mol. The van der Waals surface area contributed by atoms with Crippen LogP contribution < -0.4 is 0 Å². The summed E-state index contributed by atoms with van der Waals surface area (Å²) in [6, 6.07) is 7.34. The maximum atomic E-state index is 12.3. The third-order valence-corrected chi connectivity index (χ3v) is 1.00. The van der Waals surface area contributed by atoms with E-state index < -0.39 is 0 Å². The summed E-state index contributed by atoms with van der Waals surface area (Å²) < 4.78 is 12.3. The summed E-state index contributed by atoms with van der Waals surface area (Å²) in [6.07, 6.45) is 0. The van der Waals surface area contributed by atoms with Gasteiger partial charge in [-0.2, -0.15) is 18.2 Å². The second-order valence-corrected chi connectivity index (χ2v) is 1.68. The van der Waals surface area contributed by atoms with Crippen molar-refractivity contribution in [2.75, 3.05) is 0 Å². The minimum atomic E-state index is -0.163. The van der Waals surface area contributed by atoms with Crippen molar-refractivity contribution in [3.8, 4) is 0 Å². The van der Waals surface area contributed by atoms with Gasteiger partial charge in [0.15, 0.2) is 0 Å². The van der Waals surface area contributed by atoms with Crippen molar-refractivity contribution in [1.29, 1.82) is 0 Å². The molecule has 0 radical (unpaired) electrons. The van der Waals surface area contributed by atoms with E-state index in [-0.39, 0.29) is 5.82 Å². The Kier molecular flexibility index (Phi) is 6.15. The molecule has 0 aliphatic rings. The molecular weight excluding hydrogens is 248 g/mol. The minimum absolute atomic E-state index is 0.163. The molecule has 3 heteroatoms. The Balaban J connectivity index is 0.000000371. The van der Waals surface area contributed by atoms with Gasteiger partial charge >= 0.3 is 30.0 Å². The predicted molar refractivity (Wildman–Crippen MR) is 38.9 cm³/mol. The second-order valence-electron chi connectivity index (χ2n) is 1.68. The maximum absolute atomic E-state index is 12.3. The fraction of sp³-hybridized carbons (Fsp3) is 0.143. The SMILES string of the molecule is Cc1c[c-]ccc1F.[Zn+][Br]. The first kappa shape index (κ1) is 10.3. The molecule has 0 saturated heterocycles. The standard InChI is InChI=1S/C7H6F.BrH.Zn/c1-6-4-2-3-5-7(6)8;;/h3-5H,1H3;1H;/q-1;;+2/p-1. The molecule has 0 spiro atoms. The van der Waals surface area contributed by atoms with Crippen molar-refractivity contribution >= 4 is 13.6 Å². The molecule has 50 valence electrons. The Bertz CT molecular complexity index is 170. The van der Waals surface area contributed by atoms with Crippen LogP contribution in [0.25, 0.3) is 0 Å². The molecule has 1 aromatic carbocycles. The van der Waals surface area contributed by atoms with Crippen LogP contribution in [0.3, 0.4) is 0 Å². The van der Waals surface area contributed by atoms with Gasteiger partial charge in [0, 0.05) is 5.82 Å². The third kappa shape index (κ3) is 3.43. The molecule has 0 aromatic heterocycles. The van der Waals surface area contributed by atoms with Gasteiger partial charge in [-0.3, -0.25) is 0 Å². The van der Waals surface area contributed by atoms with E-state index in [2.05, 4.69) is 19.7 Å². The van der Waals surface area contributed by atoms with Crippen molar-refractivity contribution in [2.24, 2.45) is 0 Å². The molecule has 0 unspecified atom stereocenters. The molecule has 1 rings (SSSR count). The van der Waals surface area contributed by atoms with Crippen LogP contribution in [-0.2, 0) is 16.3 Å². The molecule has 0 heterocycles. The Hall–Kier alpha value is 0.253. The summed E-state index contributed by atoms with van der Waals surface area (Å²) in [5.41, 5.74) is 0.646.